The zero-order chi connectivity index (χ0) is 16.7. The van der Waals surface area contributed by atoms with Crippen LogP contribution in [0.4, 0.5) is 0 Å². The Balaban J connectivity index is 2.51. The van der Waals surface area contributed by atoms with Crippen LogP contribution >= 0.6 is 15.9 Å². The first kappa shape index (κ1) is 16.7. The largest absolute Gasteiger partial charge is 0.459 e. The van der Waals surface area contributed by atoms with Crippen LogP contribution in [0.15, 0.2) is 16.6 Å². The van der Waals surface area contributed by atoms with Gasteiger partial charge in [-0.1, -0.05) is 15.9 Å². The third kappa shape index (κ3) is 3.55. The summed E-state index contributed by atoms with van der Waals surface area (Å²) in [5.74, 6) is -0.514. The van der Waals surface area contributed by atoms with Crippen LogP contribution in [0.2, 0.25) is 0 Å². The Kier molecular flexibility index (Phi) is 4.42. The van der Waals surface area contributed by atoms with E-state index in [0.29, 0.717) is 5.69 Å². The molecule has 22 heavy (non-hydrogen) atoms. The number of aromatic nitrogens is 2. The highest BCUT2D eigenvalue weighted by molar-refractivity contribution is 9.10. The van der Waals surface area contributed by atoms with Crippen LogP contribution < -0.4 is 0 Å². The van der Waals surface area contributed by atoms with E-state index in [0.717, 1.165) is 20.9 Å². The number of fused-ring (bicyclic) bond motifs is 1. The molecule has 0 aliphatic carbocycles. The number of carbonyl (C=O) groups excluding carboxylic acids is 2. The minimum Gasteiger partial charge on any atom is -0.459 e. The molecule has 1 aromatic heterocycles. The Hall–Kier alpha value is -1.69. The van der Waals surface area contributed by atoms with Gasteiger partial charge in [0.25, 0.3) is 0 Å². The van der Waals surface area contributed by atoms with Crippen LogP contribution in [0.25, 0.3) is 10.9 Å². The normalized spacial score (nSPS) is 11.7. The van der Waals surface area contributed by atoms with E-state index >= 15 is 0 Å². The summed E-state index contributed by atoms with van der Waals surface area (Å²) in [5, 5.41) is 5.05. The maximum absolute atomic E-state index is 12.1. The maximum Gasteiger partial charge on any atom is 0.328 e. The Morgan fingerprint density at radius 1 is 1.32 bits per heavy atom. The topological polar surface area (TPSA) is 61.2 Å². The number of ketones is 1. The van der Waals surface area contributed by atoms with Gasteiger partial charge in [-0.2, -0.15) is 5.10 Å². The molecular formula is C16H19BrN2O3. The molecule has 2 aromatic rings. The first-order valence-electron chi connectivity index (χ1n) is 6.98. The van der Waals surface area contributed by atoms with Gasteiger partial charge in [0.1, 0.15) is 17.8 Å². The number of nitrogens with zero attached hydrogens (tertiary/aromatic N) is 2. The van der Waals surface area contributed by atoms with Gasteiger partial charge in [-0.25, -0.2) is 0 Å². The van der Waals surface area contributed by atoms with Gasteiger partial charge < -0.3 is 4.74 Å². The second-order valence-corrected chi connectivity index (χ2v) is 7.18. The predicted octanol–water partition coefficient (Wildman–Crippen LogP) is 3.65. The SMILES string of the molecule is CC(=O)c1nn(CC(=O)OC(C)(C)C)c2c(C)cc(Br)cc12. The first-order valence-corrected chi connectivity index (χ1v) is 7.77. The predicted molar refractivity (Wildman–Crippen MR) is 88.0 cm³/mol. The Labute approximate surface area is 137 Å². The summed E-state index contributed by atoms with van der Waals surface area (Å²) in [6.45, 7) is 8.81. The molecule has 5 nitrogen and oxygen atoms in total. The fourth-order valence-electron chi connectivity index (χ4n) is 2.35. The number of halogens is 1. The van der Waals surface area contributed by atoms with Gasteiger partial charge in [0, 0.05) is 16.8 Å². The number of aryl methyl sites for hydroxylation is 1. The third-order valence-electron chi connectivity index (χ3n) is 3.03. The van der Waals surface area contributed by atoms with Crippen molar-refractivity contribution in [1.29, 1.82) is 0 Å². The second kappa shape index (κ2) is 5.83. The van der Waals surface area contributed by atoms with Gasteiger partial charge in [0.05, 0.1) is 5.52 Å². The quantitative estimate of drug-likeness (QED) is 0.614. The van der Waals surface area contributed by atoms with Gasteiger partial charge in [-0.05, 0) is 45.4 Å². The molecule has 0 amide bonds. The molecule has 0 N–H and O–H groups in total. The lowest BCUT2D eigenvalue weighted by atomic mass is 10.1. The van der Waals surface area contributed by atoms with Crippen LogP contribution in [0, 0.1) is 6.92 Å². The zero-order valence-corrected chi connectivity index (χ0v) is 14.9. The average molecular weight is 367 g/mol. The standard InChI is InChI=1S/C16H19BrN2O3/c1-9-6-11(17)7-12-14(10(2)20)18-19(15(9)12)8-13(21)22-16(3,4)5/h6-7H,8H2,1-5H3. The molecule has 0 aliphatic heterocycles. The van der Waals surface area contributed by atoms with Gasteiger partial charge >= 0.3 is 5.97 Å². The van der Waals surface area contributed by atoms with Crippen molar-refractivity contribution in [2.75, 3.05) is 0 Å². The number of benzene rings is 1. The van der Waals surface area contributed by atoms with Crippen molar-refractivity contribution < 1.29 is 14.3 Å². The lowest BCUT2D eigenvalue weighted by Crippen LogP contribution is -2.27. The van der Waals surface area contributed by atoms with E-state index in [1.54, 1.807) is 4.68 Å². The van der Waals surface area contributed by atoms with E-state index in [4.69, 9.17) is 4.74 Å². The smallest absolute Gasteiger partial charge is 0.328 e. The van der Waals surface area contributed by atoms with Crippen molar-refractivity contribution in [3.63, 3.8) is 0 Å². The third-order valence-corrected chi connectivity index (χ3v) is 3.49. The van der Waals surface area contributed by atoms with E-state index in [2.05, 4.69) is 21.0 Å². The highest BCUT2D eigenvalue weighted by Crippen LogP contribution is 2.27. The van der Waals surface area contributed by atoms with Crippen LogP contribution in [-0.2, 0) is 16.1 Å². The Bertz CT molecular complexity index is 757. The van der Waals surface area contributed by atoms with Crippen LogP contribution in [0.3, 0.4) is 0 Å². The van der Waals surface area contributed by atoms with E-state index in [-0.39, 0.29) is 18.3 Å². The summed E-state index contributed by atoms with van der Waals surface area (Å²) in [7, 11) is 0. The van der Waals surface area contributed by atoms with Gasteiger partial charge in [-0.15, -0.1) is 0 Å². The number of esters is 1. The van der Waals surface area contributed by atoms with Crippen molar-refractivity contribution in [3.8, 4) is 0 Å². The van der Waals surface area contributed by atoms with Crippen molar-refractivity contribution in [3.05, 3.63) is 27.9 Å². The number of hydrogen-bond donors (Lipinski definition) is 0. The summed E-state index contributed by atoms with van der Waals surface area (Å²) in [6, 6.07) is 3.77. The lowest BCUT2D eigenvalue weighted by molar-refractivity contribution is -0.155. The minimum absolute atomic E-state index is 0.0243. The van der Waals surface area contributed by atoms with Crippen molar-refractivity contribution in [2.24, 2.45) is 0 Å². The summed E-state index contributed by atoms with van der Waals surface area (Å²) in [6.07, 6.45) is 0. The number of Topliss-reactive ketones (excluding diaryl/α,β-unsaturated/α-hetero) is 1. The molecule has 0 radical (unpaired) electrons. The fourth-order valence-corrected chi connectivity index (χ4v) is 2.93. The molecule has 0 unspecified atom stereocenters. The average Bonchev–Trinajstić information content (AvgIpc) is 2.65. The monoisotopic (exact) mass is 366 g/mol. The van der Waals surface area contributed by atoms with Crippen molar-refractivity contribution in [1.82, 2.24) is 9.78 Å². The molecule has 6 heteroatoms. The van der Waals surface area contributed by atoms with E-state index < -0.39 is 5.60 Å². The number of hydrogen-bond acceptors (Lipinski definition) is 4. The van der Waals surface area contributed by atoms with Crippen LogP contribution in [-0.4, -0.2) is 27.1 Å². The fraction of sp³-hybridized carbons (Fsp3) is 0.438. The second-order valence-electron chi connectivity index (χ2n) is 6.27. The van der Waals surface area contributed by atoms with E-state index in [9.17, 15) is 9.59 Å². The Morgan fingerprint density at radius 2 is 1.95 bits per heavy atom. The minimum atomic E-state index is -0.554. The maximum atomic E-state index is 12.1. The van der Waals surface area contributed by atoms with Crippen molar-refractivity contribution >= 4 is 38.6 Å². The molecule has 0 fully saturated rings. The summed E-state index contributed by atoms with van der Waals surface area (Å²) >= 11 is 3.43. The van der Waals surface area contributed by atoms with Crippen molar-refractivity contribution in [2.45, 2.75) is 46.8 Å². The molecule has 0 atom stereocenters. The summed E-state index contributed by atoms with van der Waals surface area (Å²) < 4.78 is 7.75. The van der Waals surface area contributed by atoms with Gasteiger partial charge in [0.2, 0.25) is 0 Å². The highest BCUT2D eigenvalue weighted by atomic mass is 79.9. The van der Waals surface area contributed by atoms with E-state index in [1.165, 1.54) is 6.92 Å². The molecule has 118 valence electrons. The molecule has 1 heterocycles. The number of rotatable bonds is 3. The summed E-state index contributed by atoms with van der Waals surface area (Å²) in [4.78, 5) is 23.9. The highest BCUT2D eigenvalue weighted by Gasteiger charge is 2.21. The molecule has 0 saturated heterocycles. The van der Waals surface area contributed by atoms with E-state index in [1.807, 2.05) is 39.8 Å². The molecular weight excluding hydrogens is 348 g/mol. The van der Waals surface area contributed by atoms with Crippen LogP contribution in [0.1, 0.15) is 43.7 Å². The lowest BCUT2D eigenvalue weighted by Gasteiger charge is -2.19. The molecule has 0 aliphatic rings. The Morgan fingerprint density at radius 3 is 2.50 bits per heavy atom. The molecule has 0 spiro atoms. The van der Waals surface area contributed by atoms with Gasteiger partial charge in [0.15, 0.2) is 5.78 Å². The van der Waals surface area contributed by atoms with Gasteiger partial charge in [-0.3, -0.25) is 14.3 Å². The molecule has 0 saturated carbocycles. The molecule has 0 bridgehead atoms. The zero-order valence-electron chi connectivity index (χ0n) is 13.4. The first-order chi connectivity index (χ1) is 10.1. The number of ether oxygens (including phenoxy) is 1. The summed E-state index contributed by atoms with van der Waals surface area (Å²) in [5.41, 5.74) is 1.52. The molecule has 1 aromatic carbocycles. The van der Waals surface area contributed by atoms with Crippen LogP contribution in [0.5, 0.6) is 0 Å². The molecule has 2 rings (SSSR count). The number of carbonyl (C=O) groups is 2.